The third kappa shape index (κ3) is 5.97. The van der Waals surface area contributed by atoms with Crippen LogP contribution in [0.4, 0.5) is 0 Å². The second-order valence-corrected chi connectivity index (χ2v) is 3.93. The third-order valence-electron chi connectivity index (χ3n) is 2.49. The number of hydrogen-bond acceptors (Lipinski definition) is 3. The molecule has 0 aromatic heterocycles. The molecule has 0 spiro atoms. The normalized spacial score (nSPS) is 22.7. The van der Waals surface area contributed by atoms with Gasteiger partial charge < -0.3 is 15.7 Å². The van der Waals surface area contributed by atoms with Crippen LogP contribution >= 0.6 is 12.4 Å². The first-order valence-electron chi connectivity index (χ1n) is 5.39. The van der Waals surface area contributed by atoms with E-state index in [-0.39, 0.29) is 30.5 Å². The first kappa shape index (κ1) is 14.7. The maximum atomic E-state index is 11.5. The highest BCUT2D eigenvalue weighted by atomic mass is 35.5. The Morgan fingerprint density at radius 1 is 1.60 bits per heavy atom. The number of hydrogen-bond donors (Lipinski definition) is 3. The van der Waals surface area contributed by atoms with Gasteiger partial charge in [0.15, 0.2) is 0 Å². The number of carbonyl (C=O) groups excluding carboxylic acids is 1. The van der Waals surface area contributed by atoms with Gasteiger partial charge in [-0.3, -0.25) is 4.79 Å². The van der Waals surface area contributed by atoms with Gasteiger partial charge in [0.1, 0.15) is 0 Å². The molecule has 1 heterocycles. The summed E-state index contributed by atoms with van der Waals surface area (Å²) in [6.07, 6.45) is 3.51. The second-order valence-electron chi connectivity index (χ2n) is 3.93. The second kappa shape index (κ2) is 7.91. The Balaban J connectivity index is 0.00000196. The van der Waals surface area contributed by atoms with E-state index in [0.717, 1.165) is 25.8 Å². The highest BCUT2D eigenvalue weighted by molar-refractivity contribution is 5.85. The number of halogens is 1. The van der Waals surface area contributed by atoms with E-state index in [9.17, 15) is 4.79 Å². The molecule has 5 heteroatoms. The van der Waals surface area contributed by atoms with Crippen LogP contribution in [0, 0.1) is 0 Å². The molecular formula is C10H21ClN2O2. The van der Waals surface area contributed by atoms with Crippen molar-refractivity contribution in [3.8, 4) is 0 Å². The Labute approximate surface area is 97.2 Å². The Morgan fingerprint density at radius 2 is 2.33 bits per heavy atom. The van der Waals surface area contributed by atoms with E-state index in [4.69, 9.17) is 5.11 Å². The van der Waals surface area contributed by atoms with Crippen molar-refractivity contribution in [3.05, 3.63) is 0 Å². The van der Waals surface area contributed by atoms with Gasteiger partial charge in [0.2, 0.25) is 5.91 Å². The molecule has 0 aromatic carbocycles. The smallest absolute Gasteiger partial charge is 0.237 e. The lowest BCUT2D eigenvalue weighted by Crippen LogP contribution is -2.47. The van der Waals surface area contributed by atoms with Gasteiger partial charge in [-0.05, 0) is 32.7 Å². The van der Waals surface area contributed by atoms with Crippen LogP contribution in [0.5, 0.6) is 0 Å². The van der Waals surface area contributed by atoms with Gasteiger partial charge in [0.05, 0.1) is 12.1 Å². The number of nitrogens with one attached hydrogen (secondary N) is 2. The molecule has 1 amide bonds. The zero-order valence-electron chi connectivity index (χ0n) is 9.16. The fourth-order valence-electron chi connectivity index (χ4n) is 1.60. The molecular weight excluding hydrogens is 216 g/mol. The van der Waals surface area contributed by atoms with Gasteiger partial charge in [0, 0.05) is 6.54 Å². The van der Waals surface area contributed by atoms with Crippen LogP contribution in [0.25, 0.3) is 0 Å². The van der Waals surface area contributed by atoms with Crippen LogP contribution in [0.3, 0.4) is 0 Å². The summed E-state index contributed by atoms with van der Waals surface area (Å²) in [4.78, 5) is 11.5. The van der Waals surface area contributed by atoms with Crippen molar-refractivity contribution in [2.45, 2.75) is 44.8 Å². The van der Waals surface area contributed by atoms with Crippen molar-refractivity contribution in [1.29, 1.82) is 0 Å². The molecule has 1 aliphatic rings. The molecule has 1 rings (SSSR count). The summed E-state index contributed by atoms with van der Waals surface area (Å²) in [7, 11) is 0. The molecule has 2 unspecified atom stereocenters. The lowest BCUT2D eigenvalue weighted by atomic mass is 10.0. The van der Waals surface area contributed by atoms with Crippen LogP contribution in [0.2, 0.25) is 0 Å². The molecule has 0 radical (unpaired) electrons. The zero-order chi connectivity index (χ0) is 10.4. The average molecular weight is 237 g/mol. The van der Waals surface area contributed by atoms with Crippen LogP contribution < -0.4 is 10.6 Å². The molecule has 0 aliphatic carbocycles. The summed E-state index contributed by atoms with van der Waals surface area (Å²) in [5.41, 5.74) is 0. The van der Waals surface area contributed by atoms with Crippen LogP contribution in [0.15, 0.2) is 0 Å². The summed E-state index contributed by atoms with van der Waals surface area (Å²) in [5, 5.41) is 15.0. The molecule has 2 atom stereocenters. The summed E-state index contributed by atoms with van der Waals surface area (Å²) in [6.45, 7) is 3.23. The standard InChI is InChI=1S/C10H20N2O2.ClH/c1-8(13)5-7-12-10(14)9-4-2-3-6-11-9;/h8-9,11,13H,2-7H2,1H3,(H,12,14);1H. The van der Waals surface area contributed by atoms with E-state index in [2.05, 4.69) is 10.6 Å². The van der Waals surface area contributed by atoms with E-state index in [0.29, 0.717) is 13.0 Å². The highest BCUT2D eigenvalue weighted by Gasteiger charge is 2.19. The van der Waals surface area contributed by atoms with Gasteiger partial charge in [-0.2, -0.15) is 0 Å². The fourth-order valence-corrected chi connectivity index (χ4v) is 1.60. The summed E-state index contributed by atoms with van der Waals surface area (Å²) >= 11 is 0. The Kier molecular flexibility index (Phi) is 7.74. The summed E-state index contributed by atoms with van der Waals surface area (Å²) in [6, 6.07) is -0.0160. The number of aliphatic hydroxyl groups excluding tert-OH is 1. The van der Waals surface area contributed by atoms with Crippen molar-refractivity contribution in [1.82, 2.24) is 10.6 Å². The van der Waals surface area contributed by atoms with Crippen molar-refractivity contribution >= 4 is 18.3 Å². The zero-order valence-corrected chi connectivity index (χ0v) is 9.98. The Hall–Kier alpha value is -0.320. The number of amides is 1. The van der Waals surface area contributed by atoms with Gasteiger partial charge in [-0.1, -0.05) is 6.42 Å². The summed E-state index contributed by atoms with van der Waals surface area (Å²) in [5.74, 6) is 0.0744. The van der Waals surface area contributed by atoms with Gasteiger partial charge in [-0.25, -0.2) is 0 Å². The fraction of sp³-hybridized carbons (Fsp3) is 0.900. The van der Waals surface area contributed by atoms with Gasteiger partial charge in [0.25, 0.3) is 0 Å². The van der Waals surface area contributed by atoms with E-state index in [1.165, 1.54) is 0 Å². The minimum Gasteiger partial charge on any atom is -0.393 e. The van der Waals surface area contributed by atoms with Crippen molar-refractivity contribution in [3.63, 3.8) is 0 Å². The monoisotopic (exact) mass is 236 g/mol. The number of carbonyl (C=O) groups is 1. The van der Waals surface area contributed by atoms with Crippen LogP contribution in [0.1, 0.15) is 32.6 Å². The van der Waals surface area contributed by atoms with Crippen LogP contribution in [-0.4, -0.2) is 36.2 Å². The Morgan fingerprint density at radius 3 is 2.87 bits per heavy atom. The minimum atomic E-state index is -0.338. The lowest BCUT2D eigenvalue weighted by Gasteiger charge is -2.22. The maximum absolute atomic E-state index is 11.5. The first-order chi connectivity index (χ1) is 6.70. The topological polar surface area (TPSA) is 61.4 Å². The maximum Gasteiger partial charge on any atom is 0.237 e. The van der Waals surface area contributed by atoms with E-state index in [1.54, 1.807) is 6.92 Å². The quantitative estimate of drug-likeness (QED) is 0.664. The highest BCUT2D eigenvalue weighted by Crippen LogP contribution is 2.06. The molecule has 90 valence electrons. The predicted molar refractivity (Wildman–Crippen MR) is 62.2 cm³/mol. The Bertz CT molecular complexity index is 182. The molecule has 0 aromatic rings. The SMILES string of the molecule is CC(O)CCNC(=O)C1CCCCN1.Cl. The summed E-state index contributed by atoms with van der Waals surface area (Å²) < 4.78 is 0. The lowest BCUT2D eigenvalue weighted by molar-refractivity contribution is -0.123. The van der Waals surface area contributed by atoms with E-state index >= 15 is 0 Å². The first-order valence-corrected chi connectivity index (χ1v) is 5.39. The molecule has 4 nitrogen and oxygen atoms in total. The molecule has 1 aliphatic heterocycles. The molecule has 15 heavy (non-hydrogen) atoms. The van der Waals surface area contributed by atoms with Crippen molar-refractivity contribution in [2.75, 3.05) is 13.1 Å². The predicted octanol–water partition coefficient (Wildman–Crippen LogP) is 0.437. The number of piperidine rings is 1. The van der Waals surface area contributed by atoms with Crippen molar-refractivity contribution in [2.24, 2.45) is 0 Å². The minimum absolute atomic E-state index is 0. The van der Waals surface area contributed by atoms with Crippen LogP contribution in [-0.2, 0) is 4.79 Å². The van der Waals surface area contributed by atoms with E-state index in [1.807, 2.05) is 0 Å². The van der Waals surface area contributed by atoms with E-state index < -0.39 is 0 Å². The average Bonchev–Trinajstić information content (AvgIpc) is 2.18. The van der Waals surface area contributed by atoms with Gasteiger partial charge >= 0.3 is 0 Å². The molecule has 0 bridgehead atoms. The molecule has 1 saturated heterocycles. The molecule has 1 fully saturated rings. The molecule has 3 N–H and O–H groups in total. The van der Waals surface area contributed by atoms with Gasteiger partial charge in [-0.15, -0.1) is 12.4 Å². The van der Waals surface area contributed by atoms with Crippen molar-refractivity contribution < 1.29 is 9.90 Å². The third-order valence-corrected chi connectivity index (χ3v) is 2.49. The number of aliphatic hydroxyl groups is 1. The molecule has 0 saturated carbocycles. The number of rotatable bonds is 4. The largest absolute Gasteiger partial charge is 0.393 e.